The minimum absolute atomic E-state index is 0.0495. The van der Waals surface area contributed by atoms with Crippen molar-refractivity contribution in [3.63, 3.8) is 0 Å². The zero-order valence-corrected chi connectivity index (χ0v) is 25.2. The van der Waals surface area contributed by atoms with Crippen LogP contribution < -0.4 is 20.9 Å². The van der Waals surface area contributed by atoms with E-state index in [0.29, 0.717) is 31.5 Å². The molecule has 1 aliphatic carbocycles. The van der Waals surface area contributed by atoms with Crippen LogP contribution in [0, 0.1) is 0 Å². The fourth-order valence-electron chi connectivity index (χ4n) is 5.51. The molecule has 3 atom stereocenters. The van der Waals surface area contributed by atoms with E-state index in [9.17, 15) is 27.9 Å². The van der Waals surface area contributed by atoms with E-state index in [-0.39, 0.29) is 34.9 Å². The van der Waals surface area contributed by atoms with E-state index in [1.54, 1.807) is 6.92 Å². The van der Waals surface area contributed by atoms with Crippen molar-refractivity contribution in [1.82, 2.24) is 16.0 Å². The molecule has 1 aliphatic heterocycles. The Morgan fingerprint density at radius 1 is 1.05 bits per heavy atom. The summed E-state index contributed by atoms with van der Waals surface area (Å²) in [6.45, 7) is 2.24. The molecule has 228 valence electrons. The van der Waals surface area contributed by atoms with Crippen molar-refractivity contribution in [1.29, 1.82) is 0 Å². The predicted molar refractivity (Wildman–Crippen MR) is 161 cm³/mol. The molecule has 0 spiro atoms. The highest BCUT2D eigenvalue weighted by Gasteiger charge is 2.28. The van der Waals surface area contributed by atoms with E-state index in [2.05, 4.69) is 16.0 Å². The molecule has 3 amide bonds. The summed E-state index contributed by atoms with van der Waals surface area (Å²) in [6.07, 6.45) is 6.67. The summed E-state index contributed by atoms with van der Waals surface area (Å²) in [5, 5.41) is 20.3. The number of hydrogen-bond acceptors (Lipinski definition) is 7. The lowest BCUT2D eigenvalue weighted by atomic mass is 9.95. The monoisotopic (exact) mass is 598 g/mol. The van der Waals surface area contributed by atoms with Gasteiger partial charge in [-0.15, -0.1) is 0 Å². The maximum absolute atomic E-state index is 13.5. The van der Waals surface area contributed by atoms with Crippen LogP contribution in [0.4, 0.5) is 5.69 Å². The molecule has 2 aliphatic rings. The van der Waals surface area contributed by atoms with E-state index in [4.69, 9.17) is 0 Å². The van der Waals surface area contributed by atoms with Crippen LogP contribution in [0.25, 0.3) is 0 Å². The van der Waals surface area contributed by atoms with E-state index < -0.39 is 33.9 Å². The maximum Gasteiger partial charge on any atom is 0.251 e. The number of amides is 3. The van der Waals surface area contributed by atoms with E-state index in [1.165, 1.54) is 29.5 Å². The summed E-state index contributed by atoms with van der Waals surface area (Å²) < 4.78 is 24.9. The molecule has 0 bridgehead atoms. The molecule has 2 aromatic carbocycles. The maximum atomic E-state index is 13.5. The summed E-state index contributed by atoms with van der Waals surface area (Å²) in [4.78, 5) is 40.1. The first-order valence-electron chi connectivity index (χ1n) is 14.7. The molecule has 0 aromatic heterocycles. The standard InChI is InChI=1S/C31H42N4O6S/c1-21(30(38)33-24-12-7-4-8-13-24)32-20-28(36)27(16-22-10-5-3-6-11-22)34-31(39)23-17-25(35-15-9-14-29(35)37)19-26(18-23)42(2,40)41/h3,5-6,10-11,17-19,21,24,27-28,32,36H,4,7-9,12-16,20H2,1-2H3,(H,33,38)(H,34,39)/t21-,27-,28+/m0/s1. The Labute approximate surface area is 248 Å². The summed E-state index contributed by atoms with van der Waals surface area (Å²) in [6, 6.07) is 12.5. The molecular formula is C31H42N4O6S. The topological polar surface area (TPSA) is 145 Å². The molecule has 2 fully saturated rings. The SMILES string of the molecule is C[C@H](NC[C@@H](O)[C@H](Cc1ccccc1)NC(=O)c1cc(N2CCCC2=O)cc(S(C)(=O)=O)c1)C(=O)NC1CCCCC1. The number of sulfone groups is 1. The number of carbonyl (C=O) groups excluding carboxylic acids is 3. The third-order valence-corrected chi connectivity index (χ3v) is 9.12. The number of aliphatic hydroxyl groups excluding tert-OH is 1. The van der Waals surface area contributed by atoms with Crippen LogP contribution in [-0.2, 0) is 25.8 Å². The van der Waals surface area contributed by atoms with Gasteiger partial charge in [-0.25, -0.2) is 8.42 Å². The second-order valence-electron chi connectivity index (χ2n) is 11.4. The molecule has 42 heavy (non-hydrogen) atoms. The summed E-state index contributed by atoms with van der Waals surface area (Å²) in [5.41, 5.74) is 1.31. The van der Waals surface area contributed by atoms with E-state index >= 15 is 0 Å². The van der Waals surface area contributed by atoms with Crippen LogP contribution >= 0.6 is 0 Å². The largest absolute Gasteiger partial charge is 0.390 e. The first-order valence-corrected chi connectivity index (χ1v) is 16.6. The van der Waals surface area contributed by atoms with Gasteiger partial charge in [-0.2, -0.15) is 0 Å². The van der Waals surface area contributed by atoms with Crippen LogP contribution in [-0.4, -0.2) is 74.8 Å². The van der Waals surface area contributed by atoms with Gasteiger partial charge in [0.15, 0.2) is 9.84 Å². The summed E-state index contributed by atoms with van der Waals surface area (Å²) in [5.74, 6) is -0.826. The van der Waals surface area contributed by atoms with Gasteiger partial charge in [0.2, 0.25) is 11.8 Å². The van der Waals surface area contributed by atoms with Crippen LogP contribution in [0.1, 0.15) is 67.8 Å². The number of hydrogen-bond donors (Lipinski definition) is 4. The number of nitrogens with one attached hydrogen (secondary N) is 3. The Balaban J connectivity index is 1.49. The minimum Gasteiger partial charge on any atom is -0.390 e. The molecule has 4 rings (SSSR count). The number of aliphatic hydroxyl groups is 1. The van der Waals surface area contributed by atoms with Gasteiger partial charge in [0.25, 0.3) is 5.91 Å². The molecular weight excluding hydrogens is 556 g/mol. The number of anilines is 1. The second kappa shape index (κ2) is 14.3. The van der Waals surface area contributed by atoms with Gasteiger partial charge >= 0.3 is 0 Å². The van der Waals surface area contributed by atoms with Crippen molar-refractivity contribution in [2.45, 2.75) is 87.4 Å². The number of carbonyl (C=O) groups is 3. The lowest BCUT2D eigenvalue weighted by molar-refractivity contribution is -0.123. The third kappa shape index (κ3) is 8.62. The van der Waals surface area contributed by atoms with Crippen molar-refractivity contribution >= 4 is 33.2 Å². The van der Waals surface area contributed by atoms with Crippen LogP contribution in [0.3, 0.4) is 0 Å². The fourth-order valence-corrected chi connectivity index (χ4v) is 6.19. The van der Waals surface area contributed by atoms with Crippen molar-refractivity contribution < 1.29 is 27.9 Å². The molecule has 10 nitrogen and oxygen atoms in total. The van der Waals surface area contributed by atoms with Gasteiger partial charge < -0.3 is 26.0 Å². The van der Waals surface area contributed by atoms with Crippen molar-refractivity contribution in [2.75, 3.05) is 24.2 Å². The quantitative estimate of drug-likeness (QED) is 0.294. The van der Waals surface area contributed by atoms with E-state index in [1.807, 2.05) is 30.3 Å². The van der Waals surface area contributed by atoms with Gasteiger partial charge in [-0.3, -0.25) is 14.4 Å². The molecule has 2 aromatic rings. The molecule has 4 N–H and O–H groups in total. The first kappa shape index (κ1) is 31.7. The molecule has 1 saturated heterocycles. The van der Waals surface area contributed by atoms with Gasteiger partial charge in [0, 0.05) is 43.1 Å². The Hall–Kier alpha value is -3.28. The van der Waals surface area contributed by atoms with Crippen molar-refractivity contribution in [3.05, 3.63) is 59.7 Å². The Bertz CT molecular complexity index is 1360. The molecule has 0 unspecified atom stereocenters. The zero-order valence-electron chi connectivity index (χ0n) is 24.3. The number of rotatable bonds is 12. The second-order valence-corrected chi connectivity index (χ2v) is 13.5. The normalized spacial score (nSPS) is 18.4. The zero-order chi connectivity index (χ0) is 30.3. The Morgan fingerprint density at radius 3 is 2.40 bits per heavy atom. The molecule has 0 radical (unpaired) electrons. The van der Waals surface area contributed by atoms with Gasteiger partial charge in [-0.1, -0.05) is 49.6 Å². The smallest absolute Gasteiger partial charge is 0.251 e. The van der Waals surface area contributed by atoms with Crippen LogP contribution in [0.15, 0.2) is 53.4 Å². The minimum atomic E-state index is -3.67. The summed E-state index contributed by atoms with van der Waals surface area (Å²) >= 11 is 0. The Kier molecular flexibility index (Phi) is 10.7. The highest BCUT2D eigenvalue weighted by atomic mass is 32.2. The summed E-state index contributed by atoms with van der Waals surface area (Å²) in [7, 11) is -3.67. The van der Waals surface area contributed by atoms with Crippen molar-refractivity contribution in [3.8, 4) is 0 Å². The average Bonchev–Trinajstić information content (AvgIpc) is 3.41. The highest BCUT2D eigenvalue weighted by Crippen LogP contribution is 2.26. The van der Waals surface area contributed by atoms with Crippen LogP contribution in [0.2, 0.25) is 0 Å². The van der Waals surface area contributed by atoms with Crippen LogP contribution in [0.5, 0.6) is 0 Å². The number of benzene rings is 2. The van der Waals surface area contributed by atoms with Crippen molar-refractivity contribution in [2.24, 2.45) is 0 Å². The third-order valence-electron chi connectivity index (χ3n) is 8.02. The Morgan fingerprint density at radius 2 is 1.76 bits per heavy atom. The van der Waals surface area contributed by atoms with Gasteiger partial charge in [0.05, 0.1) is 23.1 Å². The molecule has 11 heteroatoms. The molecule has 1 saturated carbocycles. The lowest BCUT2D eigenvalue weighted by Gasteiger charge is -2.28. The fraction of sp³-hybridized carbons (Fsp3) is 0.516. The molecule has 1 heterocycles. The average molecular weight is 599 g/mol. The number of nitrogens with zero attached hydrogens (tertiary/aromatic N) is 1. The predicted octanol–water partition coefficient (Wildman–Crippen LogP) is 2.35. The van der Waals surface area contributed by atoms with Gasteiger partial charge in [-0.05, 0) is 56.4 Å². The highest BCUT2D eigenvalue weighted by molar-refractivity contribution is 7.90. The lowest BCUT2D eigenvalue weighted by Crippen LogP contribution is -2.53. The van der Waals surface area contributed by atoms with Gasteiger partial charge in [0.1, 0.15) is 0 Å². The van der Waals surface area contributed by atoms with E-state index in [0.717, 1.165) is 37.5 Å². The first-order chi connectivity index (χ1) is 20.0.